The van der Waals surface area contributed by atoms with E-state index in [2.05, 4.69) is 5.32 Å². The molecule has 1 atom stereocenters. The summed E-state index contributed by atoms with van der Waals surface area (Å²) in [4.78, 5) is 14.7. The Labute approximate surface area is 174 Å². The average molecular weight is 429 g/mol. The molecule has 0 bridgehead atoms. The van der Waals surface area contributed by atoms with Crippen molar-refractivity contribution in [1.82, 2.24) is 10.2 Å². The first-order valence-corrected chi connectivity index (χ1v) is 9.26. The summed E-state index contributed by atoms with van der Waals surface area (Å²) in [5, 5.41) is 3.15. The van der Waals surface area contributed by atoms with Crippen LogP contribution in [0.4, 0.5) is 13.2 Å². The van der Waals surface area contributed by atoms with Gasteiger partial charge in [-0.05, 0) is 68.8 Å². The second-order valence-electron chi connectivity index (χ2n) is 6.97. The van der Waals surface area contributed by atoms with Crippen molar-refractivity contribution in [3.8, 4) is 11.5 Å². The SMILES string of the molecule is CNCC1CCCN(C(=O)c2cccc(Oc3cccc(C(F)(F)F)c3)c2)C1.Cl. The zero-order valence-electron chi connectivity index (χ0n) is 16.0. The van der Waals surface area contributed by atoms with Crippen LogP contribution >= 0.6 is 12.4 Å². The number of nitrogens with one attached hydrogen (secondary N) is 1. The number of ether oxygens (including phenoxy) is 1. The molecule has 0 radical (unpaired) electrons. The minimum atomic E-state index is -4.44. The van der Waals surface area contributed by atoms with E-state index in [1.165, 1.54) is 12.1 Å². The molecule has 0 aromatic heterocycles. The molecular weight excluding hydrogens is 405 g/mol. The van der Waals surface area contributed by atoms with Crippen LogP contribution in [0.3, 0.4) is 0 Å². The predicted octanol–water partition coefficient (Wildman–Crippen LogP) is 4.99. The van der Waals surface area contributed by atoms with Crippen LogP contribution in [0.2, 0.25) is 0 Å². The third kappa shape index (κ3) is 6.11. The Morgan fingerprint density at radius 2 is 1.86 bits per heavy atom. The molecule has 0 saturated carbocycles. The quantitative estimate of drug-likeness (QED) is 0.729. The lowest BCUT2D eigenvalue weighted by Crippen LogP contribution is -2.42. The van der Waals surface area contributed by atoms with E-state index in [1.807, 2.05) is 11.9 Å². The smallest absolute Gasteiger partial charge is 0.416 e. The van der Waals surface area contributed by atoms with Crippen molar-refractivity contribution < 1.29 is 22.7 Å². The van der Waals surface area contributed by atoms with Crippen molar-refractivity contribution in [2.75, 3.05) is 26.7 Å². The van der Waals surface area contributed by atoms with Crippen LogP contribution in [0, 0.1) is 5.92 Å². The van der Waals surface area contributed by atoms with Gasteiger partial charge in [-0.1, -0.05) is 12.1 Å². The van der Waals surface area contributed by atoms with Crippen LogP contribution in [-0.2, 0) is 6.18 Å². The molecule has 1 saturated heterocycles. The molecule has 4 nitrogen and oxygen atoms in total. The van der Waals surface area contributed by atoms with Gasteiger partial charge in [0, 0.05) is 18.7 Å². The molecule has 0 spiro atoms. The molecule has 2 aromatic rings. The minimum absolute atomic E-state index is 0. The number of carbonyl (C=O) groups is 1. The van der Waals surface area contributed by atoms with E-state index in [4.69, 9.17) is 4.74 Å². The Hall–Kier alpha value is -2.25. The first-order chi connectivity index (χ1) is 13.4. The third-order valence-electron chi connectivity index (χ3n) is 4.78. The van der Waals surface area contributed by atoms with Crippen LogP contribution in [0.25, 0.3) is 0 Å². The maximum atomic E-state index is 12.9. The van der Waals surface area contributed by atoms with E-state index in [1.54, 1.807) is 24.3 Å². The topological polar surface area (TPSA) is 41.6 Å². The molecule has 1 amide bonds. The normalized spacial score (nSPS) is 16.8. The van der Waals surface area contributed by atoms with Crippen LogP contribution in [0.15, 0.2) is 48.5 Å². The van der Waals surface area contributed by atoms with Gasteiger partial charge in [-0.25, -0.2) is 0 Å². The van der Waals surface area contributed by atoms with Crippen molar-refractivity contribution in [3.05, 3.63) is 59.7 Å². The summed E-state index contributed by atoms with van der Waals surface area (Å²) < 4.78 is 44.1. The maximum Gasteiger partial charge on any atom is 0.416 e. The Balaban J connectivity index is 0.00000300. The second-order valence-corrected chi connectivity index (χ2v) is 6.97. The van der Waals surface area contributed by atoms with Crippen molar-refractivity contribution >= 4 is 18.3 Å². The number of nitrogens with zero attached hydrogens (tertiary/aromatic N) is 1. The molecule has 1 N–H and O–H groups in total. The predicted molar refractivity (Wildman–Crippen MR) is 108 cm³/mol. The Morgan fingerprint density at radius 3 is 2.55 bits per heavy atom. The minimum Gasteiger partial charge on any atom is -0.457 e. The van der Waals surface area contributed by atoms with Crippen molar-refractivity contribution in [2.24, 2.45) is 5.92 Å². The zero-order valence-corrected chi connectivity index (χ0v) is 16.9. The van der Waals surface area contributed by atoms with Gasteiger partial charge in [0.25, 0.3) is 5.91 Å². The molecule has 3 rings (SSSR count). The maximum absolute atomic E-state index is 12.9. The lowest BCUT2D eigenvalue weighted by molar-refractivity contribution is -0.137. The fourth-order valence-corrected chi connectivity index (χ4v) is 3.45. The zero-order chi connectivity index (χ0) is 20.1. The first kappa shape index (κ1) is 23.0. The number of hydrogen-bond acceptors (Lipinski definition) is 3. The Morgan fingerprint density at radius 1 is 1.17 bits per heavy atom. The monoisotopic (exact) mass is 428 g/mol. The molecule has 1 unspecified atom stereocenters. The van der Waals surface area contributed by atoms with Gasteiger partial charge in [-0.2, -0.15) is 13.2 Å². The summed E-state index contributed by atoms with van der Waals surface area (Å²) in [5.41, 5.74) is -0.310. The van der Waals surface area contributed by atoms with Crippen molar-refractivity contribution in [2.45, 2.75) is 19.0 Å². The van der Waals surface area contributed by atoms with Gasteiger partial charge in [-0.15, -0.1) is 12.4 Å². The van der Waals surface area contributed by atoms with E-state index >= 15 is 0 Å². The van der Waals surface area contributed by atoms with Gasteiger partial charge < -0.3 is 15.0 Å². The molecule has 2 aromatic carbocycles. The molecule has 8 heteroatoms. The van der Waals surface area contributed by atoms with Gasteiger partial charge in [0.05, 0.1) is 5.56 Å². The molecule has 1 heterocycles. The highest BCUT2D eigenvalue weighted by atomic mass is 35.5. The number of amides is 1. The van der Waals surface area contributed by atoms with Gasteiger partial charge in [-0.3, -0.25) is 4.79 Å². The van der Waals surface area contributed by atoms with Crippen LogP contribution in [0.1, 0.15) is 28.8 Å². The lowest BCUT2D eigenvalue weighted by atomic mass is 9.97. The highest BCUT2D eigenvalue weighted by Crippen LogP contribution is 2.33. The van der Waals surface area contributed by atoms with Gasteiger partial charge in [0.2, 0.25) is 0 Å². The summed E-state index contributed by atoms with van der Waals surface area (Å²) in [6.07, 6.45) is -2.39. The summed E-state index contributed by atoms with van der Waals surface area (Å²) in [5.74, 6) is 0.739. The molecule has 1 fully saturated rings. The fourth-order valence-electron chi connectivity index (χ4n) is 3.45. The molecule has 1 aliphatic heterocycles. The van der Waals surface area contributed by atoms with Crippen LogP contribution in [-0.4, -0.2) is 37.5 Å². The first-order valence-electron chi connectivity index (χ1n) is 9.26. The summed E-state index contributed by atoms with van der Waals surface area (Å²) in [6, 6.07) is 11.3. The van der Waals surface area contributed by atoms with Gasteiger partial charge in [0.1, 0.15) is 11.5 Å². The van der Waals surface area contributed by atoms with E-state index in [0.29, 0.717) is 30.3 Å². The van der Waals surface area contributed by atoms with E-state index in [9.17, 15) is 18.0 Å². The average Bonchev–Trinajstić information content (AvgIpc) is 2.68. The third-order valence-corrected chi connectivity index (χ3v) is 4.78. The van der Waals surface area contributed by atoms with Gasteiger partial charge in [0.15, 0.2) is 0 Å². The number of carbonyl (C=O) groups excluding carboxylic acids is 1. The van der Waals surface area contributed by atoms with E-state index < -0.39 is 11.7 Å². The Kier molecular flexibility index (Phi) is 7.93. The van der Waals surface area contributed by atoms with E-state index in [0.717, 1.165) is 31.5 Å². The number of benzene rings is 2. The number of halogens is 4. The number of alkyl halides is 3. The molecular formula is C21H24ClF3N2O2. The largest absolute Gasteiger partial charge is 0.457 e. The van der Waals surface area contributed by atoms with Gasteiger partial charge >= 0.3 is 6.18 Å². The molecule has 29 heavy (non-hydrogen) atoms. The number of likely N-dealkylation sites (tertiary alicyclic amines) is 1. The molecule has 1 aliphatic rings. The molecule has 158 valence electrons. The van der Waals surface area contributed by atoms with Crippen LogP contribution in [0.5, 0.6) is 11.5 Å². The fraction of sp³-hybridized carbons (Fsp3) is 0.381. The number of hydrogen-bond donors (Lipinski definition) is 1. The summed E-state index contributed by atoms with van der Waals surface area (Å²) in [7, 11) is 1.90. The lowest BCUT2D eigenvalue weighted by Gasteiger charge is -2.32. The molecule has 0 aliphatic carbocycles. The highest BCUT2D eigenvalue weighted by molar-refractivity contribution is 5.94. The van der Waals surface area contributed by atoms with Crippen molar-refractivity contribution in [1.29, 1.82) is 0 Å². The number of rotatable bonds is 5. The van der Waals surface area contributed by atoms with E-state index in [-0.39, 0.29) is 24.1 Å². The number of piperidine rings is 1. The second kappa shape index (κ2) is 9.98. The highest BCUT2D eigenvalue weighted by Gasteiger charge is 2.30. The summed E-state index contributed by atoms with van der Waals surface area (Å²) in [6.45, 7) is 2.26. The van der Waals surface area contributed by atoms with Crippen LogP contribution < -0.4 is 10.1 Å². The Bertz CT molecular complexity index is 828. The van der Waals surface area contributed by atoms with Crippen molar-refractivity contribution in [3.63, 3.8) is 0 Å². The standard InChI is InChI=1S/C21H23F3N2O2.ClH/c1-25-13-15-5-4-10-26(14-15)20(27)16-6-2-8-18(11-16)28-19-9-3-7-17(12-19)21(22,23)24;/h2-3,6-9,11-12,15,25H,4-5,10,13-14H2,1H3;1H. The summed E-state index contributed by atoms with van der Waals surface area (Å²) >= 11 is 0.